The van der Waals surface area contributed by atoms with E-state index in [2.05, 4.69) is 5.32 Å². The zero-order valence-corrected chi connectivity index (χ0v) is 13.3. The number of ketones is 1. The number of rotatable bonds is 5. The fraction of sp³-hybridized carbons (Fsp3) is 0.643. The highest BCUT2D eigenvalue weighted by Gasteiger charge is 2.22. The van der Waals surface area contributed by atoms with Crippen LogP contribution < -0.4 is 11.1 Å². The Kier molecular flexibility index (Phi) is 5.16. The summed E-state index contributed by atoms with van der Waals surface area (Å²) in [5.74, 6) is 0.148. The predicted molar refractivity (Wildman–Crippen MR) is 85.6 cm³/mol. The van der Waals surface area contributed by atoms with Crippen molar-refractivity contribution in [1.29, 1.82) is 0 Å². The molecular weight excluding hydrogens is 276 g/mol. The Morgan fingerprint density at radius 3 is 2.68 bits per heavy atom. The molecule has 0 aromatic carbocycles. The Balaban J connectivity index is 2.21. The minimum atomic E-state index is 0.148. The van der Waals surface area contributed by atoms with Gasteiger partial charge in [-0.15, -0.1) is 23.1 Å². The summed E-state index contributed by atoms with van der Waals surface area (Å²) in [5.41, 5.74) is 6.79. The molecule has 1 saturated carbocycles. The van der Waals surface area contributed by atoms with Crippen LogP contribution in [0.4, 0.5) is 10.7 Å². The molecule has 0 amide bonds. The molecule has 3 nitrogen and oxygen atoms in total. The Morgan fingerprint density at radius 1 is 1.42 bits per heavy atom. The highest BCUT2D eigenvalue weighted by atomic mass is 32.2. The minimum Gasteiger partial charge on any atom is -0.396 e. The first-order valence-electron chi connectivity index (χ1n) is 6.93. The van der Waals surface area contributed by atoms with Crippen molar-refractivity contribution in [2.24, 2.45) is 0 Å². The van der Waals surface area contributed by atoms with Crippen LogP contribution in [0.1, 0.15) is 55.1 Å². The number of hydrogen-bond acceptors (Lipinski definition) is 5. The Morgan fingerprint density at radius 2 is 2.11 bits per heavy atom. The van der Waals surface area contributed by atoms with Gasteiger partial charge in [0.1, 0.15) is 5.00 Å². The fourth-order valence-electron chi connectivity index (χ4n) is 2.53. The number of nitrogen functional groups attached to an aromatic ring is 1. The molecule has 1 aromatic rings. The molecule has 1 aromatic heterocycles. The first-order valence-corrected chi connectivity index (χ1v) is 8.97. The van der Waals surface area contributed by atoms with E-state index in [1.54, 1.807) is 11.8 Å². The minimum absolute atomic E-state index is 0.148. The van der Waals surface area contributed by atoms with Gasteiger partial charge in [-0.25, -0.2) is 0 Å². The van der Waals surface area contributed by atoms with Gasteiger partial charge in [0.25, 0.3) is 0 Å². The third-order valence-electron chi connectivity index (χ3n) is 3.62. The van der Waals surface area contributed by atoms with E-state index in [0.717, 1.165) is 14.8 Å². The van der Waals surface area contributed by atoms with Gasteiger partial charge in [0.05, 0.1) is 15.5 Å². The van der Waals surface area contributed by atoms with Gasteiger partial charge >= 0.3 is 0 Å². The molecule has 1 aliphatic carbocycles. The number of thioether (sulfide) groups is 1. The summed E-state index contributed by atoms with van der Waals surface area (Å²) in [4.78, 5) is 13.7. The number of anilines is 2. The second-order valence-electron chi connectivity index (χ2n) is 4.96. The van der Waals surface area contributed by atoms with Crippen LogP contribution in [0.3, 0.4) is 0 Å². The number of nitrogens with two attached hydrogens (primary N) is 1. The topological polar surface area (TPSA) is 55.1 Å². The number of carbonyl (C=O) groups is 1. The summed E-state index contributed by atoms with van der Waals surface area (Å²) in [6.45, 7) is 1.88. The van der Waals surface area contributed by atoms with Gasteiger partial charge in [-0.2, -0.15) is 0 Å². The van der Waals surface area contributed by atoms with E-state index in [1.165, 1.54) is 43.4 Å². The predicted octanol–water partition coefficient (Wildman–Crippen LogP) is 4.39. The number of nitrogens with one attached hydrogen (secondary N) is 1. The summed E-state index contributed by atoms with van der Waals surface area (Å²) in [6, 6.07) is 0.544. The lowest BCUT2D eigenvalue weighted by Crippen LogP contribution is -2.21. The molecule has 0 bridgehead atoms. The number of hydrogen-bond donors (Lipinski definition) is 2. The maximum Gasteiger partial charge on any atom is 0.174 e. The molecule has 19 heavy (non-hydrogen) atoms. The van der Waals surface area contributed by atoms with Crippen LogP contribution in [0, 0.1) is 0 Å². The number of thiophene rings is 1. The van der Waals surface area contributed by atoms with Crippen LogP contribution in [0.2, 0.25) is 0 Å². The average Bonchev–Trinajstić information content (AvgIpc) is 2.75. The molecule has 3 N–H and O–H groups in total. The summed E-state index contributed by atoms with van der Waals surface area (Å²) >= 11 is 3.16. The van der Waals surface area contributed by atoms with E-state index < -0.39 is 0 Å². The van der Waals surface area contributed by atoms with Crippen LogP contribution in [-0.2, 0) is 0 Å². The van der Waals surface area contributed by atoms with Crippen LogP contribution in [-0.4, -0.2) is 18.1 Å². The molecule has 0 aliphatic heterocycles. The maximum atomic E-state index is 11.9. The quantitative estimate of drug-likeness (QED) is 0.625. The van der Waals surface area contributed by atoms with Crippen molar-refractivity contribution < 1.29 is 4.79 Å². The van der Waals surface area contributed by atoms with Gasteiger partial charge in [0.2, 0.25) is 0 Å². The third kappa shape index (κ3) is 3.26. The zero-order valence-electron chi connectivity index (χ0n) is 11.6. The van der Waals surface area contributed by atoms with Crippen molar-refractivity contribution in [3.8, 4) is 0 Å². The van der Waals surface area contributed by atoms with E-state index >= 15 is 0 Å². The molecule has 1 fully saturated rings. The van der Waals surface area contributed by atoms with Crippen LogP contribution in [0.25, 0.3) is 0 Å². The molecule has 0 unspecified atom stereocenters. The molecule has 5 heteroatoms. The van der Waals surface area contributed by atoms with Crippen molar-refractivity contribution >= 4 is 39.6 Å². The Bertz CT molecular complexity index is 451. The van der Waals surface area contributed by atoms with Crippen molar-refractivity contribution in [3.63, 3.8) is 0 Å². The SMILES string of the molecule is CCC(=O)c1sc(NC2CCCCC2)c(SC)c1N. The molecule has 0 atom stereocenters. The molecule has 1 heterocycles. The molecule has 0 saturated heterocycles. The summed E-state index contributed by atoms with van der Waals surface area (Å²) in [5, 5.41) is 4.70. The van der Waals surface area contributed by atoms with E-state index in [0.29, 0.717) is 18.2 Å². The van der Waals surface area contributed by atoms with Gasteiger partial charge in [-0.05, 0) is 19.1 Å². The first-order chi connectivity index (χ1) is 9.17. The molecule has 1 aliphatic rings. The second-order valence-corrected chi connectivity index (χ2v) is 6.80. The maximum absolute atomic E-state index is 11.9. The summed E-state index contributed by atoms with van der Waals surface area (Å²) < 4.78 is 0. The zero-order chi connectivity index (χ0) is 13.8. The second kappa shape index (κ2) is 6.66. The lowest BCUT2D eigenvalue weighted by atomic mass is 9.96. The Labute approximate surface area is 123 Å². The van der Waals surface area contributed by atoms with Crippen molar-refractivity contribution in [1.82, 2.24) is 0 Å². The smallest absolute Gasteiger partial charge is 0.174 e. The number of Topliss-reactive ketones (excluding diaryl/α,β-unsaturated/α-hetero) is 1. The molecule has 106 valence electrons. The van der Waals surface area contributed by atoms with Crippen LogP contribution >= 0.6 is 23.1 Å². The van der Waals surface area contributed by atoms with Gasteiger partial charge in [0.15, 0.2) is 5.78 Å². The van der Waals surface area contributed by atoms with Crippen molar-refractivity contribution in [2.75, 3.05) is 17.3 Å². The molecule has 2 rings (SSSR count). The Hall–Kier alpha value is -0.680. The van der Waals surface area contributed by atoms with Gasteiger partial charge in [-0.3, -0.25) is 4.79 Å². The highest BCUT2D eigenvalue weighted by molar-refractivity contribution is 7.99. The lowest BCUT2D eigenvalue weighted by molar-refractivity contribution is 0.0992. The largest absolute Gasteiger partial charge is 0.396 e. The van der Waals surface area contributed by atoms with E-state index in [4.69, 9.17) is 5.73 Å². The standard InChI is InChI=1S/C14H22N2OS2/c1-3-10(17)12-11(15)13(18-2)14(19-12)16-9-7-5-4-6-8-9/h9,16H,3-8,15H2,1-2H3. The summed E-state index contributed by atoms with van der Waals surface area (Å²) in [7, 11) is 0. The first kappa shape index (κ1) is 14.7. The normalized spacial score (nSPS) is 16.5. The van der Waals surface area contributed by atoms with Crippen LogP contribution in [0.15, 0.2) is 4.90 Å². The fourth-order valence-corrected chi connectivity index (χ4v) is 4.63. The molecule has 0 spiro atoms. The number of carbonyl (C=O) groups excluding carboxylic acids is 1. The molecular formula is C14H22N2OS2. The average molecular weight is 298 g/mol. The highest BCUT2D eigenvalue weighted by Crippen LogP contribution is 2.43. The lowest BCUT2D eigenvalue weighted by Gasteiger charge is -2.23. The van der Waals surface area contributed by atoms with Crippen LogP contribution in [0.5, 0.6) is 0 Å². The molecule has 0 radical (unpaired) electrons. The van der Waals surface area contributed by atoms with E-state index in [9.17, 15) is 4.79 Å². The van der Waals surface area contributed by atoms with E-state index in [1.807, 2.05) is 13.2 Å². The van der Waals surface area contributed by atoms with Gasteiger partial charge in [-0.1, -0.05) is 26.2 Å². The van der Waals surface area contributed by atoms with Gasteiger partial charge in [0, 0.05) is 12.5 Å². The third-order valence-corrected chi connectivity index (χ3v) is 5.76. The monoisotopic (exact) mass is 298 g/mol. The van der Waals surface area contributed by atoms with Crippen molar-refractivity contribution in [3.05, 3.63) is 4.88 Å². The summed E-state index contributed by atoms with van der Waals surface area (Å²) in [6.07, 6.45) is 8.93. The van der Waals surface area contributed by atoms with Gasteiger partial charge < -0.3 is 11.1 Å². The van der Waals surface area contributed by atoms with E-state index in [-0.39, 0.29) is 5.78 Å². The van der Waals surface area contributed by atoms with Crippen molar-refractivity contribution in [2.45, 2.75) is 56.4 Å².